The van der Waals surface area contributed by atoms with Crippen LogP contribution in [0.15, 0.2) is 0 Å². The van der Waals surface area contributed by atoms with Gasteiger partial charge in [-0.05, 0) is 25.2 Å². The normalized spacial score (nSPS) is 15.7. The monoisotopic (exact) mass is 201 g/mol. The first kappa shape index (κ1) is 13.4. The van der Waals surface area contributed by atoms with Crippen LogP contribution >= 0.6 is 0 Å². The van der Waals surface area contributed by atoms with Gasteiger partial charge in [-0.3, -0.25) is 4.79 Å². The van der Waals surface area contributed by atoms with Crippen molar-refractivity contribution in [3.63, 3.8) is 0 Å². The molecule has 0 unspecified atom stereocenters. The van der Waals surface area contributed by atoms with Crippen LogP contribution in [0.1, 0.15) is 41.0 Å². The van der Waals surface area contributed by atoms with Gasteiger partial charge in [-0.25, -0.2) is 0 Å². The minimum Gasteiger partial charge on any atom is -0.461 e. The summed E-state index contributed by atoms with van der Waals surface area (Å²) < 4.78 is 5.21. The molecule has 14 heavy (non-hydrogen) atoms. The molecule has 0 bridgehead atoms. The third-order valence-corrected chi connectivity index (χ3v) is 2.27. The van der Waals surface area contributed by atoms with Crippen molar-refractivity contribution in [2.45, 2.75) is 53.2 Å². The van der Waals surface area contributed by atoms with Gasteiger partial charge < -0.3 is 10.5 Å². The molecule has 84 valence electrons. The molecule has 0 aromatic rings. The lowest BCUT2D eigenvalue weighted by molar-refractivity contribution is -0.152. The molecule has 0 radical (unpaired) electrons. The smallest absolute Gasteiger partial charge is 0.323 e. The Morgan fingerprint density at radius 2 is 1.71 bits per heavy atom. The zero-order chi connectivity index (χ0) is 11.3. The molecule has 0 rings (SSSR count). The Hall–Kier alpha value is -0.570. The van der Waals surface area contributed by atoms with Crippen LogP contribution in [0.3, 0.4) is 0 Å². The average molecular weight is 201 g/mol. The molecular weight excluding hydrogens is 178 g/mol. The predicted molar refractivity (Wildman–Crippen MR) is 57.8 cm³/mol. The van der Waals surface area contributed by atoms with E-state index in [2.05, 4.69) is 0 Å². The number of hydrogen-bond acceptors (Lipinski definition) is 3. The number of esters is 1. The third-order valence-electron chi connectivity index (χ3n) is 2.27. The Morgan fingerprint density at radius 3 is 2.07 bits per heavy atom. The van der Waals surface area contributed by atoms with Crippen molar-refractivity contribution in [1.82, 2.24) is 0 Å². The third kappa shape index (κ3) is 5.22. The molecule has 0 saturated heterocycles. The lowest BCUT2D eigenvalue weighted by atomic mass is 10.0. The fourth-order valence-electron chi connectivity index (χ4n) is 1.01. The first-order valence-corrected chi connectivity index (χ1v) is 5.30. The summed E-state index contributed by atoms with van der Waals surface area (Å²) in [5, 5.41) is 0. The second-order valence-corrected chi connectivity index (χ2v) is 4.62. The first-order chi connectivity index (χ1) is 6.34. The zero-order valence-corrected chi connectivity index (χ0v) is 9.91. The maximum Gasteiger partial charge on any atom is 0.323 e. The molecule has 0 heterocycles. The molecule has 0 amide bonds. The van der Waals surface area contributed by atoms with E-state index in [1.54, 1.807) is 0 Å². The van der Waals surface area contributed by atoms with E-state index in [1.807, 2.05) is 34.6 Å². The lowest BCUT2D eigenvalue weighted by Crippen LogP contribution is -2.36. The number of carbonyl (C=O) groups excluding carboxylic acids is 1. The Bertz CT molecular complexity index is 178. The van der Waals surface area contributed by atoms with Crippen LogP contribution in [0.5, 0.6) is 0 Å². The molecule has 0 aliphatic carbocycles. The summed E-state index contributed by atoms with van der Waals surface area (Å²) in [6.07, 6.45) is 0.629. The molecule has 0 aromatic heterocycles. The minimum atomic E-state index is -0.476. The number of nitrogens with two attached hydrogens (primary N) is 1. The Labute approximate surface area is 87.0 Å². The molecule has 2 atom stereocenters. The van der Waals surface area contributed by atoms with E-state index in [0.29, 0.717) is 18.3 Å². The Morgan fingerprint density at radius 1 is 1.21 bits per heavy atom. The van der Waals surface area contributed by atoms with Gasteiger partial charge in [0.25, 0.3) is 0 Å². The van der Waals surface area contributed by atoms with E-state index in [-0.39, 0.29) is 12.1 Å². The summed E-state index contributed by atoms with van der Waals surface area (Å²) in [7, 11) is 0. The zero-order valence-electron chi connectivity index (χ0n) is 9.91. The van der Waals surface area contributed by atoms with Gasteiger partial charge in [0, 0.05) is 0 Å². The summed E-state index contributed by atoms with van der Waals surface area (Å²) in [6, 6.07) is -0.476. The highest BCUT2D eigenvalue weighted by molar-refractivity contribution is 5.75. The number of ether oxygens (including phenoxy) is 1. The molecule has 0 aromatic carbocycles. The van der Waals surface area contributed by atoms with E-state index < -0.39 is 6.04 Å². The second kappa shape index (κ2) is 6.02. The van der Waals surface area contributed by atoms with E-state index in [4.69, 9.17) is 10.5 Å². The summed E-state index contributed by atoms with van der Waals surface area (Å²) in [5.41, 5.74) is 5.69. The summed E-state index contributed by atoms with van der Waals surface area (Å²) >= 11 is 0. The van der Waals surface area contributed by atoms with E-state index >= 15 is 0 Å². The molecule has 0 saturated carbocycles. The lowest BCUT2D eigenvalue weighted by Gasteiger charge is -2.20. The summed E-state index contributed by atoms with van der Waals surface area (Å²) in [4.78, 5) is 11.4. The Kier molecular flexibility index (Phi) is 5.77. The van der Waals surface area contributed by atoms with Crippen molar-refractivity contribution < 1.29 is 9.53 Å². The van der Waals surface area contributed by atoms with Crippen molar-refractivity contribution in [1.29, 1.82) is 0 Å². The molecular formula is C11H23NO2. The van der Waals surface area contributed by atoms with Crippen LogP contribution in [0, 0.1) is 11.8 Å². The number of rotatable bonds is 5. The highest BCUT2D eigenvalue weighted by Crippen LogP contribution is 2.09. The summed E-state index contributed by atoms with van der Waals surface area (Å²) in [6.45, 7) is 10.0. The van der Waals surface area contributed by atoms with Crippen molar-refractivity contribution in [3.05, 3.63) is 0 Å². The average Bonchev–Trinajstić information content (AvgIpc) is 2.02. The fourth-order valence-corrected chi connectivity index (χ4v) is 1.01. The van der Waals surface area contributed by atoms with Gasteiger partial charge in [-0.2, -0.15) is 0 Å². The number of hydrogen-bond donors (Lipinski definition) is 1. The summed E-state index contributed by atoms with van der Waals surface area (Å²) in [5.74, 6) is 0.483. The minimum absolute atomic E-state index is 0.0549. The van der Waals surface area contributed by atoms with Gasteiger partial charge in [0.2, 0.25) is 0 Å². The second-order valence-electron chi connectivity index (χ2n) is 4.62. The maximum atomic E-state index is 11.4. The van der Waals surface area contributed by atoms with Crippen LogP contribution in [-0.2, 0) is 9.53 Å². The predicted octanol–water partition coefficient (Wildman–Crippen LogP) is 1.95. The van der Waals surface area contributed by atoms with E-state index in [1.165, 1.54) is 0 Å². The largest absolute Gasteiger partial charge is 0.461 e. The van der Waals surface area contributed by atoms with Crippen LogP contribution in [0.2, 0.25) is 0 Å². The van der Waals surface area contributed by atoms with Gasteiger partial charge in [-0.15, -0.1) is 0 Å². The van der Waals surface area contributed by atoms with Gasteiger partial charge in [-0.1, -0.05) is 27.7 Å². The first-order valence-electron chi connectivity index (χ1n) is 5.30. The molecule has 0 aliphatic heterocycles. The van der Waals surface area contributed by atoms with Gasteiger partial charge in [0.05, 0.1) is 0 Å². The van der Waals surface area contributed by atoms with Gasteiger partial charge in [0.1, 0.15) is 12.1 Å². The highest BCUT2D eigenvalue weighted by Gasteiger charge is 2.20. The Balaban J connectivity index is 3.95. The molecule has 3 nitrogen and oxygen atoms in total. The fraction of sp³-hybridized carbons (Fsp3) is 0.909. The quantitative estimate of drug-likeness (QED) is 0.692. The molecule has 0 aliphatic rings. The standard InChI is InChI=1S/C11H23NO2/c1-7(2)6-10(12)11(13)14-9(5)8(3)4/h7-10H,6,12H2,1-5H3/t9-,10+/m0/s1. The van der Waals surface area contributed by atoms with Crippen molar-refractivity contribution in [2.75, 3.05) is 0 Å². The van der Waals surface area contributed by atoms with E-state index in [9.17, 15) is 4.79 Å². The SMILES string of the molecule is CC(C)C[C@@H](N)C(=O)O[C@@H](C)C(C)C. The highest BCUT2D eigenvalue weighted by atomic mass is 16.5. The van der Waals surface area contributed by atoms with Crippen LogP contribution in [0.25, 0.3) is 0 Å². The number of carbonyl (C=O) groups is 1. The van der Waals surface area contributed by atoms with E-state index in [0.717, 1.165) is 0 Å². The van der Waals surface area contributed by atoms with Crippen molar-refractivity contribution in [3.8, 4) is 0 Å². The van der Waals surface area contributed by atoms with Gasteiger partial charge in [0.15, 0.2) is 0 Å². The van der Waals surface area contributed by atoms with Crippen LogP contribution < -0.4 is 5.73 Å². The van der Waals surface area contributed by atoms with Gasteiger partial charge >= 0.3 is 5.97 Å². The topological polar surface area (TPSA) is 52.3 Å². The van der Waals surface area contributed by atoms with Crippen LogP contribution in [-0.4, -0.2) is 18.1 Å². The maximum absolute atomic E-state index is 11.4. The molecule has 2 N–H and O–H groups in total. The van der Waals surface area contributed by atoms with Crippen molar-refractivity contribution >= 4 is 5.97 Å². The molecule has 0 spiro atoms. The van der Waals surface area contributed by atoms with Crippen molar-refractivity contribution in [2.24, 2.45) is 17.6 Å². The molecule has 0 fully saturated rings. The van der Waals surface area contributed by atoms with Crippen LogP contribution in [0.4, 0.5) is 0 Å². The molecule has 3 heteroatoms.